The van der Waals surface area contributed by atoms with Crippen molar-refractivity contribution >= 4 is 5.69 Å². The van der Waals surface area contributed by atoms with Crippen molar-refractivity contribution in [1.82, 2.24) is 0 Å². The molecule has 0 aromatic heterocycles. The third kappa shape index (κ3) is 5.33. The van der Waals surface area contributed by atoms with Crippen LogP contribution in [0.25, 0.3) is 0 Å². The average molecular weight is 291 g/mol. The molecule has 0 bridgehead atoms. The number of ether oxygens (including phenoxy) is 2. The Morgan fingerprint density at radius 3 is 2.76 bits per heavy atom. The summed E-state index contributed by atoms with van der Waals surface area (Å²) in [6, 6.07) is 9.19. The standard InChI is InChI=1S/C18H29NO2/c1-14-7-8-18(11-15(14)2)19-17-6-4-5-16(12-17)13-21-10-9-20-3/h4-6,12,14-15,18-19H,7-11,13H2,1-3H3. The lowest BCUT2D eigenvalue weighted by Crippen LogP contribution is -2.30. The van der Waals surface area contributed by atoms with Gasteiger partial charge in [-0.2, -0.15) is 0 Å². The number of anilines is 1. The van der Waals surface area contributed by atoms with Crippen molar-refractivity contribution in [2.45, 2.75) is 45.8 Å². The van der Waals surface area contributed by atoms with Crippen LogP contribution in [0.5, 0.6) is 0 Å². The van der Waals surface area contributed by atoms with E-state index in [4.69, 9.17) is 9.47 Å². The molecule has 3 nitrogen and oxygen atoms in total. The van der Waals surface area contributed by atoms with E-state index >= 15 is 0 Å². The highest BCUT2D eigenvalue weighted by molar-refractivity contribution is 5.46. The number of hydrogen-bond donors (Lipinski definition) is 1. The summed E-state index contributed by atoms with van der Waals surface area (Å²) in [5.41, 5.74) is 2.43. The maximum absolute atomic E-state index is 5.58. The molecule has 1 saturated carbocycles. The number of nitrogens with one attached hydrogen (secondary N) is 1. The molecule has 118 valence electrons. The Labute approximate surface area is 129 Å². The van der Waals surface area contributed by atoms with Crippen molar-refractivity contribution in [2.75, 3.05) is 25.6 Å². The van der Waals surface area contributed by atoms with E-state index in [1.165, 1.54) is 30.5 Å². The average Bonchev–Trinajstić information content (AvgIpc) is 2.48. The predicted molar refractivity (Wildman–Crippen MR) is 87.6 cm³/mol. The van der Waals surface area contributed by atoms with Gasteiger partial charge in [0.1, 0.15) is 0 Å². The van der Waals surface area contributed by atoms with E-state index in [9.17, 15) is 0 Å². The Kier molecular flexibility index (Phi) is 6.52. The molecule has 0 saturated heterocycles. The van der Waals surface area contributed by atoms with Gasteiger partial charge in [-0.15, -0.1) is 0 Å². The molecule has 1 aliphatic carbocycles. The van der Waals surface area contributed by atoms with Crippen LogP contribution in [0.3, 0.4) is 0 Å². The van der Waals surface area contributed by atoms with Crippen LogP contribution in [0.2, 0.25) is 0 Å². The van der Waals surface area contributed by atoms with E-state index in [0.29, 0.717) is 25.9 Å². The third-order valence-corrected chi connectivity index (χ3v) is 4.60. The number of hydrogen-bond acceptors (Lipinski definition) is 3. The second-order valence-electron chi connectivity index (χ2n) is 6.35. The topological polar surface area (TPSA) is 30.5 Å². The molecule has 1 aromatic carbocycles. The minimum absolute atomic E-state index is 0.612. The molecule has 3 atom stereocenters. The van der Waals surface area contributed by atoms with E-state index in [2.05, 4.69) is 43.4 Å². The van der Waals surface area contributed by atoms with Gasteiger partial charge < -0.3 is 14.8 Å². The van der Waals surface area contributed by atoms with Gasteiger partial charge in [0.15, 0.2) is 0 Å². The van der Waals surface area contributed by atoms with Crippen molar-refractivity contribution in [3.63, 3.8) is 0 Å². The summed E-state index contributed by atoms with van der Waals surface area (Å²) in [4.78, 5) is 0. The van der Waals surface area contributed by atoms with Crippen molar-refractivity contribution < 1.29 is 9.47 Å². The van der Waals surface area contributed by atoms with Gasteiger partial charge in [-0.25, -0.2) is 0 Å². The maximum Gasteiger partial charge on any atom is 0.0718 e. The zero-order valence-electron chi connectivity index (χ0n) is 13.6. The lowest BCUT2D eigenvalue weighted by atomic mass is 9.79. The Bertz CT molecular complexity index is 421. The fourth-order valence-electron chi connectivity index (χ4n) is 3.00. The number of methoxy groups -OCH3 is 1. The third-order valence-electron chi connectivity index (χ3n) is 4.60. The second kappa shape index (κ2) is 8.40. The summed E-state index contributed by atoms with van der Waals surface area (Å²) in [5.74, 6) is 1.68. The van der Waals surface area contributed by atoms with Gasteiger partial charge in [0.05, 0.1) is 19.8 Å². The second-order valence-corrected chi connectivity index (χ2v) is 6.35. The lowest BCUT2D eigenvalue weighted by Gasteiger charge is -2.33. The summed E-state index contributed by atoms with van der Waals surface area (Å²) in [6.45, 7) is 6.69. The monoisotopic (exact) mass is 291 g/mol. The predicted octanol–water partition coefficient (Wildman–Crippen LogP) is 4.09. The lowest BCUT2D eigenvalue weighted by molar-refractivity contribution is 0.0617. The molecular formula is C18H29NO2. The Morgan fingerprint density at radius 1 is 1.14 bits per heavy atom. The molecule has 1 N–H and O–H groups in total. The van der Waals surface area contributed by atoms with Gasteiger partial charge in [-0.3, -0.25) is 0 Å². The molecular weight excluding hydrogens is 262 g/mol. The Balaban J connectivity index is 1.83. The maximum atomic E-state index is 5.58. The Hall–Kier alpha value is -1.06. The van der Waals surface area contributed by atoms with Gasteiger partial charge in [0.25, 0.3) is 0 Å². The summed E-state index contributed by atoms with van der Waals surface area (Å²) < 4.78 is 10.6. The normalized spacial score (nSPS) is 25.8. The van der Waals surface area contributed by atoms with E-state index in [-0.39, 0.29) is 0 Å². The van der Waals surface area contributed by atoms with Crippen LogP contribution >= 0.6 is 0 Å². The molecule has 1 aliphatic rings. The summed E-state index contributed by atoms with van der Waals surface area (Å²) in [7, 11) is 1.69. The van der Waals surface area contributed by atoms with Crippen LogP contribution in [0, 0.1) is 11.8 Å². The Morgan fingerprint density at radius 2 is 2.00 bits per heavy atom. The van der Waals surface area contributed by atoms with Crippen LogP contribution in [-0.4, -0.2) is 26.4 Å². The number of rotatable bonds is 7. The van der Waals surface area contributed by atoms with E-state index < -0.39 is 0 Å². The molecule has 3 unspecified atom stereocenters. The van der Waals surface area contributed by atoms with Crippen LogP contribution in [-0.2, 0) is 16.1 Å². The molecule has 1 fully saturated rings. The molecule has 3 heteroatoms. The zero-order valence-corrected chi connectivity index (χ0v) is 13.6. The van der Waals surface area contributed by atoms with Gasteiger partial charge in [-0.05, 0) is 48.8 Å². The van der Waals surface area contributed by atoms with Crippen LogP contribution in [0.15, 0.2) is 24.3 Å². The molecule has 0 amide bonds. The minimum Gasteiger partial charge on any atom is -0.382 e. The highest BCUT2D eigenvalue weighted by Gasteiger charge is 2.24. The van der Waals surface area contributed by atoms with Crippen LogP contribution in [0.1, 0.15) is 38.7 Å². The van der Waals surface area contributed by atoms with Crippen molar-refractivity contribution in [2.24, 2.45) is 11.8 Å². The highest BCUT2D eigenvalue weighted by atomic mass is 16.5. The fraction of sp³-hybridized carbons (Fsp3) is 0.667. The smallest absolute Gasteiger partial charge is 0.0718 e. The minimum atomic E-state index is 0.612. The van der Waals surface area contributed by atoms with Gasteiger partial charge in [-0.1, -0.05) is 26.0 Å². The first kappa shape index (κ1) is 16.3. The van der Waals surface area contributed by atoms with Crippen LogP contribution in [0.4, 0.5) is 5.69 Å². The van der Waals surface area contributed by atoms with Crippen molar-refractivity contribution in [1.29, 1.82) is 0 Å². The molecule has 0 heterocycles. The first-order valence-electron chi connectivity index (χ1n) is 8.11. The van der Waals surface area contributed by atoms with Crippen LogP contribution < -0.4 is 5.32 Å². The molecule has 0 aliphatic heterocycles. The first-order valence-corrected chi connectivity index (χ1v) is 8.11. The summed E-state index contributed by atoms with van der Waals surface area (Å²) in [5, 5.41) is 3.69. The van der Waals surface area contributed by atoms with Crippen molar-refractivity contribution in [3.8, 4) is 0 Å². The van der Waals surface area contributed by atoms with Gasteiger partial charge >= 0.3 is 0 Å². The molecule has 21 heavy (non-hydrogen) atoms. The molecule has 1 aromatic rings. The first-order chi connectivity index (χ1) is 10.2. The summed E-state index contributed by atoms with van der Waals surface area (Å²) >= 11 is 0. The van der Waals surface area contributed by atoms with E-state index in [0.717, 1.165) is 11.8 Å². The fourth-order valence-corrected chi connectivity index (χ4v) is 3.00. The van der Waals surface area contributed by atoms with Gasteiger partial charge in [0.2, 0.25) is 0 Å². The SMILES string of the molecule is COCCOCc1cccc(NC2CCC(C)C(C)C2)c1. The van der Waals surface area contributed by atoms with Gasteiger partial charge in [0, 0.05) is 18.8 Å². The van der Waals surface area contributed by atoms with Crippen molar-refractivity contribution in [3.05, 3.63) is 29.8 Å². The molecule has 2 rings (SSSR count). The molecule has 0 radical (unpaired) electrons. The summed E-state index contributed by atoms with van der Waals surface area (Å²) in [6.07, 6.45) is 3.88. The number of benzene rings is 1. The zero-order chi connectivity index (χ0) is 15.1. The quantitative estimate of drug-likeness (QED) is 0.768. The highest BCUT2D eigenvalue weighted by Crippen LogP contribution is 2.31. The largest absolute Gasteiger partial charge is 0.382 e. The van der Waals surface area contributed by atoms with E-state index in [1.807, 2.05) is 0 Å². The molecule has 0 spiro atoms. The van der Waals surface area contributed by atoms with E-state index in [1.54, 1.807) is 7.11 Å².